The first-order valence-electron chi connectivity index (χ1n) is 6.24. The number of amides is 2. The van der Waals surface area contributed by atoms with Crippen molar-refractivity contribution in [2.24, 2.45) is 17.3 Å². The van der Waals surface area contributed by atoms with Gasteiger partial charge >= 0.3 is 0 Å². The molecule has 0 aromatic carbocycles. The number of likely N-dealkylation sites (tertiary alicyclic amines) is 1. The summed E-state index contributed by atoms with van der Waals surface area (Å²) < 4.78 is 0. The van der Waals surface area contributed by atoms with E-state index in [0.29, 0.717) is 6.54 Å². The molecule has 0 aromatic rings. The molecule has 1 aliphatic heterocycles. The topological polar surface area (TPSA) is 37.4 Å². The summed E-state index contributed by atoms with van der Waals surface area (Å²) >= 11 is 0. The lowest BCUT2D eigenvalue weighted by molar-refractivity contribution is -0.142. The number of rotatable bonds is 2. The maximum absolute atomic E-state index is 12.1. The third-order valence-electron chi connectivity index (χ3n) is 4.30. The fourth-order valence-corrected chi connectivity index (χ4v) is 3.13. The number of imide groups is 1. The average Bonchev–Trinajstić information content (AvgIpc) is 2.78. The molecule has 3 nitrogen and oxygen atoms in total. The van der Waals surface area contributed by atoms with Crippen LogP contribution in [0.1, 0.15) is 26.7 Å². The van der Waals surface area contributed by atoms with Crippen LogP contribution in [-0.2, 0) is 9.59 Å². The Kier molecular flexibility index (Phi) is 2.09. The Hall–Kier alpha value is -1.38. The Morgan fingerprint density at radius 3 is 2.41 bits per heavy atom. The van der Waals surface area contributed by atoms with Gasteiger partial charge in [0.05, 0.1) is 18.4 Å². The minimum Gasteiger partial charge on any atom is -0.278 e. The lowest BCUT2D eigenvalue weighted by Gasteiger charge is -2.21. The fraction of sp³-hybridized carbons (Fsp3) is 0.571. The SMILES string of the molecule is CC1(C)C2C(=O)N(CC3=CCCC=C3)C(=O)C21. The standard InChI is InChI=1S/C14H17NO2/c1-14(2)10-11(14)13(17)15(12(10)16)8-9-6-4-3-5-7-9/h4,6-7,10-11H,3,5,8H2,1-2H3. The van der Waals surface area contributed by atoms with Gasteiger partial charge in [0.1, 0.15) is 0 Å². The quantitative estimate of drug-likeness (QED) is 0.681. The molecule has 3 heteroatoms. The Labute approximate surface area is 101 Å². The summed E-state index contributed by atoms with van der Waals surface area (Å²) in [6, 6.07) is 0. The van der Waals surface area contributed by atoms with Crippen LogP contribution in [0.25, 0.3) is 0 Å². The molecule has 0 N–H and O–H groups in total. The lowest BCUT2D eigenvalue weighted by Crippen LogP contribution is -2.37. The van der Waals surface area contributed by atoms with Crippen LogP contribution in [0.2, 0.25) is 0 Å². The number of carbonyl (C=O) groups excluding carboxylic acids is 2. The predicted molar refractivity (Wildman–Crippen MR) is 63.9 cm³/mol. The molecule has 3 aliphatic rings. The number of nitrogens with zero attached hydrogens (tertiary/aromatic N) is 1. The van der Waals surface area contributed by atoms with Crippen LogP contribution >= 0.6 is 0 Å². The highest BCUT2D eigenvalue weighted by Crippen LogP contribution is 2.63. The van der Waals surface area contributed by atoms with Crippen molar-refractivity contribution in [3.63, 3.8) is 0 Å². The molecule has 0 radical (unpaired) electrons. The van der Waals surface area contributed by atoms with Crippen molar-refractivity contribution in [1.29, 1.82) is 0 Å². The molecule has 2 aliphatic carbocycles. The van der Waals surface area contributed by atoms with Gasteiger partial charge in [-0.05, 0) is 23.8 Å². The van der Waals surface area contributed by atoms with E-state index in [1.54, 1.807) is 0 Å². The summed E-state index contributed by atoms with van der Waals surface area (Å²) in [5.74, 6) is -0.0407. The zero-order chi connectivity index (χ0) is 12.2. The molecule has 2 atom stereocenters. The first kappa shape index (κ1) is 10.8. The zero-order valence-electron chi connectivity index (χ0n) is 10.3. The molecule has 1 heterocycles. The first-order chi connectivity index (χ1) is 8.03. The van der Waals surface area contributed by atoms with Crippen molar-refractivity contribution in [1.82, 2.24) is 4.90 Å². The second-order valence-electron chi connectivity index (χ2n) is 5.80. The normalized spacial score (nSPS) is 33.8. The molecule has 1 saturated carbocycles. The summed E-state index contributed by atoms with van der Waals surface area (Å²) in [5.41, 5.74) is 0.999. The molecular formula is C14H17NO2. The molecule has 2 amide bonds. The summed E-state index contributed by atoms with van der Waals surface area (Å²) in [5, 5.41) is 0. The van der Waals surface area contributed by atoms with Crippen LogP contribution in [0, 0.1) is 17.3 Å². The third kappa shape index (κ3) is 1.41. The van der Waals surface area contributed by atoms with Gasteiger partial charge in [-0.15, -0.1) is 0 Å². The maximum Gasteiger partial charge on any atom is 0.233 e. The lowest BCUT2D eigenvalue weighted by atomic mass is 10.0. The summed E-state index contributed by atoms with van der Waals surface area (Å²) in [7, 11) is 0. The van der Waals surface area contributed by atoms with Crippen molar-refractivity contribution in [2.75, 3.05) is 6.54 Å². The maximum atomic E-state index is 12.1. The van der Waals surface area contributed by atoms with E-state index in [9.17, 15) is 9.59 Å². The molecular weight excluding hydrogens is 214 g/mol. The monoisotopic (exact) mass is 231 g/mol. The van der Waals surface area contributed by atoms with E-state index in [-0.39, 0.29) is 29.1 Å². The molecule has 2 fully saturated rings. The van der Waals surface area contributed by atoms with Crippen molar-refractivity contribution in [3.05, 3.63) is 23.8 Å². The van der Waals surface area contributed by atoms with Crippen LogP contribution in [0.4, 0.5) is 0 Å². The third-order valence-corrected chi connectivity index (χ3v) is 4.30. The molecule has 0 spiro atoms. The van der Waals surface area contributed by atoms with Gasteiger partial charge < -0.3 is 0 Å². The number of hydrogen-bond donors (Lipinski definition) is 0. The van der Waals surface area contributed by atoms with Crippen molar-refractivity contribution < 1.29 is 9.59 Å². The largest absolute Gasteiger partial charge is 0.278 e. The highest BCUT2D eigenvalue weighted by Gasteiger charge is 2.72. The van der Waals surface area contributed by atoms with Crippen LogP contribution in [0.15, 0.2) is 23.8 Å². The number of allylic oxidation sites excluding steroid dienone is 2. The van der Waals surface area contributed by atoms with Crippen LogP contribution in [0.5, 0.6) is 0 Å². The van der Waals surface area contributed by atoms with Gasteiger partial charge in [0.25, 0.3) is 0 Å². The van der Waals surface area contributed by atoms with E-state index >= 15 is 0 Å². The Bertz CT molecular complexity index is 435. The summed E-state index contributed by atoms with van der Waals surface area (Å²) in [6.45, 7) is 4.49. The minimum atomic E-state index is -0.0958. The number of carbonyl (C=O) groups is 2. The van der Waals surface area contributed by atoms with Crippen LogP contribution in [-0.4, -0.2) is 23.3 Å². The smallest absolute Gasteiger partial charge is 0.233 e. The molecule has 17 heavy (non-hydrogen) atoms. The highest BCUT2D eigenvalue weighted by molar-refractivity contribution is 6.10. The second kappa shape index (κ2) is 3.31. The van der Waals surface area contributed by atoms with Gasteiger partial charge in [-0.25, -0.2) is 0 Å². The average molecular weight is 231 g/mol. The van der Waals surface area contributed by atoms with E-state index in [0.717, 1.165) is 18.4 Å². The number of piperidine rings is 1. The Balaban J connectivity index is 1.75. The van der Waals surface area contributed by atoms with Crippen molar-refractivity contribution in [2.45, 2.75) is 26.7 Å². The van der Waals surface area contributed by atoms with Gasteiger partial charge in [-0.3, -0.25) is 14.5 Å². The van der Waals surface area contributed by atoms with Gasteiger partial charge in [-0.1, -0.05) is 32.1 Å². The van der Waals surface area contributed by atoms with Gasteiger partial charge in [0, 0.05) is 0 Å². The Morgan fingerprint density at radius 2 is 1.88 bits per heavy atom. The molecule has 2 unspecified atom stereocenters. The van der Waals surface area contributed by atoms with E-state index in [2.05, 4.69) is 12.2 Å². The number of hydrogen-bond acceptors (Lipinski definition) is 2. The molecule has 3 rings (SSSR count). The predicted octanol–water partition coefficient (Wildman–Crippen LogP) is 1.90. The van der Waals surface area contributed by atoms with Crippen molar-refractivity contribution >= 4 is 11.8 Å². The first-order valence-corrected chi connectivity index (χ1v) is 6.24. The summed E-state index contributed by atoms with van der Waals surface area (Å²) in [6.07, 6.45) is 8.32. The molecule has 90 valence electrons. The van der Waals surface area contributed by atoms with E-state index < -0.39 is 0 Å². The molecule has 1 saturated heterocycles. The fourth-order valence-electron chi connectivity index (χ4n) is 3.13. The van der Waals surface area contributed by atoms with Gasteiger partial charge in [-0.2, -0.15) is 0 Å². The van der Waals surface area contributed by atoms with Gasteiger partial charge in [0.2, 0.25) is 11.8 Å². The molecule has 0 bridgehead atoms. The highest BCUT2D eigenvalue weighted by atomic mass is 16.2. The second-order valence-corrected chi connectivity index (χ2v) is 5.80. The Morgan fingerprint density at radius 1 is 1.24 bits per heavy atom. The van der Waals surface area contributed by atoms with Gasteiger partial charge in [0.15, 0.2) is 0 Å². The minimum absolute atomic E-state index is 0.0323. The van der Waals surface area contributed by atoms with E-state index in [1.807, 2.05) is 19.9 Å². The van der Waals surface area contributed by atoms with Crippen LogP contribution < -0.4 is 0 Å². The molecule has 0 aromatic heterocycles. The van der Waals surface area contributed by atoms with Crippen LogP contribution in [0.3, 0.4) is 0 Å². The van der Waals surface area contributed by atoms with E-state index in [1.165, 1.54) is 4.90 Å². The summed E-state index contributed by atoms with van der Waals surface area (Å²) in [4.78, 5) is 25.6. The van der Waals surface area contributed by atoms with E-state index in [4.69, 9.17) is 0 Å². The zero-order valence-corrected chi connectivity index (χ0v) is 10.3. The van der Waals surface area contributed by atoms with Crippen molar-refractivity contribution in [3.8, 4) is 0 Å². The number of fused-ring (bicyclic) bond motifs is 1.